The molecular formula is C21H24N4O2. The lowest BCUT2D eigenvalue weighted by Crippen LogP contribution is -2.21. The summed E-state index contributed by atoms with van der Waals surface area (Å²) < 4.78 is 2.16. The number of nitrogens with one attached hydrogen (secondary N) is 1. The van der Waals surface area contributed by atoms with Crippen LogP contribution in [0.4, 0.5) is 5.82 Å². The molecule has 3 aromatic rings. The molecule has 2 heterocycles. The highest BCUT2D eigenvalue weighted by atomic mass is 16.3. The Bertz CT molecular complexity index is 975. The molecule has 0 radical (unpaired) electrons. The Morgan fingerprint density at radius 3 is 2.74 bits per heavy atom. The molecule has 2 aliphatic carbocycles. The Morgan fingerprint density at radius 1 is 1.07 bits per heavy atom. The molecule has 1 saturated carbocycles. The molecule has 2 aliphatic rings. The van der Waals surface area contributed by atoms with Crippen LogP contribution >= 0.6 is 0 Å². The zero-order chi connectivity index (χ0) is 18.5. The molecule has 6 heteroatoms. The smallest absolute Gasteiger partial charge is 0.145 e. The minimum absolute atomic E-state index is 0.170. The second-order valence-electron chi connectivity index (χ2n) is 7.94. The van der Waals surface area contributed by atoms with Crippen molar-refractivity contribution in [1.29, 1.82) is 0 Å². The number of hydrogen-bond acceptors (Lipinski definition) is 5. The third-order valence-electron chi connectivity index (χ3n) is 6.21. The van der Waals surface area contributed by atoms with E-state index in [4.69, 9.17) is 0 Å². The van der Waals surface area contributed by atoms with E-state index >= 15 is 0 Å². The summed E-state index contributed by atoms with van der Waals surface area (Å²) >= 11 is 0. The number of aromatic nitrogens is 3. The maximum Gasteiger partial charge on any atom is 0.145 e. The van der Waals surface area contributed by atoms with E-state index in [9.17, 15) is 10.2 Å². The molecule has 0 bridgehead atoms. The quantitative estimate of drug-likeness (QED) is 0.666. The molecule has 1 aromatic carbocycles. The van der Waals surface area contributed by atoms with Gasteiger partial charge < -0.3 is 20.1 Å². The Morgan fingerprint density at radius 2 is 1.93 bits per heavy atom. The molecule has 3 N–H and O–H groups in total. The molecule has 140 valence electrons. The summed E-state index contributed by atoms with van der Waals surface area (Å²) in [4.78, 5) is 8.95. The van der Waals surface area contributed by atoms with E-state index < -0.39 is 6.10 Å². The van der Waals surface area contributed by atoms with E-state index in [1.165, 1.54) is 5.56 Å². The largest absolute Gasteiger partial charge is 0.393 e. The predicted molar refractivity (Wildman–Crippen MR) is 103 cm³/mol. The fraction of sp³-hybridized carbons (Fsp3) is 0.429. The van der Waals surface area contributed by atoms with Crippen LogP contribution in [0.5, 0.6) is 0 Å². The van der Waals surface area contributed by atoms with Gasteiger partial charge in [0.2, 0.25) is 0 Å². The van der Waals surface area contributed by atoms with Gasteiger partial charge in [-0.05, 0) is 36.0 Å². The van der Waals surface area contributed by atoms with Gasteiger partial charge in [0.1, 0.15) is 17.8 Å². The molecule has 0 amide bonds. The molecule has 1 fully saturated rings. The fourth-order valence-corrected chi connectivity index (χ4v) is 4.70. The van der Waals surface area contributed by atoms with Crippen molar-refractivity contribution in [3.8, 4) is 0 Å². The number of hydrogen-bond donors (Lipinski definition) is 3. The normalized spacial score (nSPS) is 30.0. The average molecular weight is 364 g/mol. The molecule has 5 atom stereocenters. The van der Waals surface area contributed by atoms with Crippen molar-refractivity contribution in [2.24, 2.45) is 5.92 Å². The third kappa shape index (κ3) is 2.71. The van der Waals surface area contributed by atoms with Gasteiger partial charge in [-0.3, -0.25) is 0 Å². The summed E-state index contributed by atoms with van der Waals surface area (Å²) in [7, 11) is 0. The lowest BCUT2D eigenvalue weighted by atomic mass is 10.1. The van der Waals surface area contributed by atoms with Gasteiger partial charge in [-0.25, -0.2) is 9.97 Å². The van der Waals surface area contributed by atoms with Crippen LogP contribution in [0.15, 0.2) is 42.9 Å². The monoisotopic (exact) mass is 364 g/mol. The topological polar surface area (TPSA) is 83.2 Å². The average Bonchev–Trinajstić information content (AvgIpc) is 3.32. The van der Waals surface area contributed by atoms with Crippen LogP contribution in [0.1, 0.15) is 43.0 Å². The van der Waals surface area contributed by atoms with Crippen molar-refractivity contribution >= 4 is 16.9 Å². The molecule has 0 spiro atoms. The third-order valence-corrected chi connectivity index (χ3v) is 6.21. The number of benzene rings is 1. The number of anilines is 1. The van der Waals surface area contributed by atoms with Gasteiger partial charge in [0.05, 0.1) is 23.6 Å². The summed E-state index contributed by atoms with van der Waals surface area (Å²) in [5, 5.41) is 25.1. The summed E-state index contributed by atoms with van der Waals surface area (Å²) in [6.07, 6.45) is 5.25. The van der Waals surface area contributed by atoms with Crippen molar-refractivity contribution in [2.75, 3.05) is 5.32 Å². The second kappa shape index (κ2) is 6.32. The van der Waals surface area contributed by atoms with Crippen LogP contribution in [-0.2, 0) is 6.42 Å². The molecule has 0 saturated heterocycles. The van der Waals surface area contributed by atoms with Gasteiger partial charge in [-0.2, -0.15) is 0 Å². The second-order valence-corrected chi connectivity index (χ2v) is 7.94. The van der Waals surface area contributed by atoms with Crippen molar-refractivity contribution in [2.45, 2.75) is 50.5 Å². The van der Waals surface area contributed by atoms with Crippen LogP contribution in [0.3, 0.4) is 0 Å². The van der Waals surface area contributed by atoms with Crippen molar-refractivity contribution in [3.05, 3.63) is 54.0 Å². The number of fused-ring (bicyclic) bond motifs is 2. The van der Waals surface area contributed by atoms with Crippen molar-refractivity contribution in [1.82, 2.24) is 14.5 Å². The number of nitrogens with zero attached hydrogens (tertiary/aromatic N) is 3. The predicted octanol–water partition coefficient (Wildman–Crippen LogP) is 2.83. The summed E-state index contributed by atoms with van der Waals surface area (Å²) in [5.41, 5.74) is 3.18. The van der Waals surface area contributed by atoms with Crippen LogP contribution in [-0.4, -0.2) is 37.0 Å². The minimum atomic E-state index is -0.472. The van der Waals surface area contributed by atoms with Gasteiger partial charge >= 0.3 is 0 Å². The van der Waals surface area contributed by atoms with E-state index in [1.807, 2.05) is 24.4 Å². The van der Waals surface area contributed by atoms with Crippen molar-refractivity contribution in [3.63, 3.8) is 0 Å². The summed E-state index contributed by atoms with van der Waals surface area (Å²) in [6.45, 7) is 2.09. The molecule has 0 aliphatic heterocycles. The molecule has 27 heavy (non-hydrogen) atoms. The zero-order valence-corrected chi connectivity index (χ0v) is 15.3. The molecule has 5 rings (SSSR count). The number of aliphatic hydroxyl groups is 2. The lowest BCUT2D eigenvalue weighted by molar-refractivity contribution is 0.139. The first kappa shape index (κ1) is 16.7. The highest BCUT2D eigenvalue weighted by molar-refractivity contribution is 5.87. The van der Waals surface area contributed by atoms with Gasteiger partial charge in [0.15, 0.2) is 0 Å². The maximum absolute atomic E-state index is 10.5. The maximum atomic E-state index is 10.5. The Labute approximate surface area is 157 Å². The van der Waals surface area contributed by atoms with Crippen LogP contribution in [0.25, 0.3) is 11.0 Å². The summed E-state index contributed by atoms with van der Waals surface area (Å²) in [5.74, 6) is 1.04. The van der Waals surface area contributed by atoms with E-state index in [1.54, 1.807) is 6.33 Å². The molecule has 6 nitrogen and oxygen atoms in total. The van der Waals surface area contributed by atoms with Gasteiger partial charge in [-0.1, -0.05) is 31.2 Å². The lowest BCUT2D eigenvalue weighted by Gasteiger charge is -2.19. The Balaban J connectivity index is 1.49. The number of aliphatic hydroxyl groups excluding tert-OH is 2. The van der Waals surface area contributed by atoms with Gasteiger partial charge in [-0.15, -0.1) is 0 Å². The van der Waals surface area contributed by atoms with Crippen LogP contribution in [0, 0.1) is 5.92 Å². The zero-order valence-electron chi connectivity index (χ0n) is 15.3. The van der Waals surface area contributed by atoms with Gasteiger partial charge in [0.25, 0.3) is 0 Å². The summed E-state index contributed by atoms with van der Waals surface area (Å²) in [6, 6.07) is 10.3. The molecule has 2 aromatic heterocycles. The van der Waals surface area contributed by atoms with Crippen LogP contribution in [0.2, 0.25) is 0 Å². The first-order valence-corrected chi connectivity index (χ1v) is 9.64. The SMILES string of the molecule is C[C@H]1C[C@@H](n2ccc3c(N[C@@H]4c5ccccc5C[C@@H]4O)ncnc32)C[C@@H]1O. The van der Waals surface area contributed by atoms with E-state index in [0.717, 1.165) is 35.3 Å². The minimum Gasteiger partial charge on any atom is -0.393 e. The first-order chi connectivity index (χ1) is 13.1. The van der Waals surface area contributed by atoms with Gasteiger partial charge in [0, 0.05) is 18.7 Å². The Kier molecular flexibility index (Phi) is 3.91. The Hall–Kier alpha value is -2.44. The first-order valence-electron chi connectivity index (χ1n) is 9.64. The molecular weight excluding hydrogens is 340 g/mol. The van der Waals surface area contributed by atoms with E-state index in [-0.39, 0.29) is 18.2 Å². The highest BCUT2D eigenvalue weighted by Crippen LogP contribution is 2.38. The van der Waals surface area contributed by atoms with Crippen LogP contribution < -0.4 is 5.32 Å². The molecule has 0 unspecified atom stereocenters. The van der Waals surface area contributed by atoms with E-state index in [0.29, 0.717) is 12.3 Å². The fourth-order valence-electron chi connectivity index (χ4n) is 4.70. The standard InChI is InChI=1S/C21H24N4O2/c1-12-8-14(10-17(12)26)25-7-6-16-20(22-11-23-21(16)25)24-19-15-5-3-2-4-13(15)9-18(19)27/h2-7,11-12,14,17-19,26-27H,8-10H2,1H3,(H,22,23,24)/t12-,14+,17-,18-,19+/m0/s1. The van der Waals surface area contributed by atoms with E-state index in [2.05, 4.69) is 38.9 Å². The highest BCUT2D eigenvalue weighted by Gasteiger charge is 2.33. The number of rotatable bonds is 3. The van der Waals surface area contributed by atoms with Crippen molar-refractivity contribution < 1.29 is 10.2 Å².